The maximum absolute atomic E-state index is 12.6. The summed E-state index contributed by atoms with van der Waals surface area (Å²) in [5, 5.41) is 2.79. The molecule has 1 N–H and O–H groups in total. The molecule has 6 nitrogen and oxygen atoms in total. The molecule has 0 aliphatic carbocycles. The lowest BCUT2D eigenvalue weighted by atomic mass is 9.99. The predicted molar refractivity (Wildman–Crippen MR) is 88.8 cm³/mol. The van der Waals surface area contributed by atoms with Crippen molar-refractivity contribution in [3.63, 3.8) is 0 Å². The number of hydrogen-bond donors (Lipinski definition) is 1. The molecule has 1 unspecified atom stereocenters. The van der Waals surface area contributed by atoms with Gasteiger partial charge in [-0.15, -0.1) is 0 Å². The molecule has 2 aliphatic heterocycles. The fourth-order valence-corrected chi connectivity index (χ4v) is 4.78. The van der Waals surface area contributed by atoms with Gasteiger partial charge in [0.2, 0.25) is 0 Å². The number of amides is 3. The van der Waals surface area contributed by atoms with Crippen molar-refractivity contribution in [2.45, 2.75) is 39.3 Å². The average molecular weight is 335 g/mol. The first kappa shape index (κ1) is 16.1. The number of ketones is 1. The Bertz CT molecular complexity index is 689. The highest BCUT2D eigenvalue weighted by atomic mass is 32.2. The van der Waals surface area contributed by atoms with E-state index in [1.807, 2.05) is 31.4 Å². The van der Waals surface area contributed by atoms with Crippen LogP contribution in [0.2, 0.25) is 0 Å². The maximum Gasteiger partial charge on any atom is 0.325 e. The van der Waals surface area contributed by atoms with Crippen molar-refractivity contribution in [1.82, 2.24) is 14.8 Å². The van der Waals surface area contributed by atoms with Crippen LogP contribution < -0.4 is 5.32 Å². The van der Waals surface area contributed by atoms with E-state index in [4.69, 9.17) is 0 Å². The molecule has 0 saturated carbocycles. The molecule has 7 heteroatoms. The molecule has 0 bridgehead atoms. The average Bonchev–Trinajstić information content (AvgIpc) is 3.14. The van der Waals surface area contributed by atoms with Gasteiger partial charge in [0.25, 0.3) is 5.91 Å². The fourth-order valence-electron chi connectivity index (χ4n) is 3.45. The van der Waals surface area contributed by atoms with Gasteiger partial charge in [0.05, 0.1) is 6.54 Å². The van der Waals surface area contributed by atoms with E-state index in [0.29, 0.717) is 17.7 Å². The molecule has 0 radical (unpaired) electrons. The number of imide groups is 1. The summed E-state index contributed by atoms with van der Waals surface area (Å²) in [6, 6.07) is 1.39. The molecule has 1 aromatic rings. The van der Waals surface area contributed by atoms with Crippen LogP contribution in [0, 0.1) is 13.8 Å². The van der Waals surface area contributed by atoms with Gasteiger partial charge in [-0.25, -0.2) is 4.79 Å². The molecule has 0 aromatic carbocycles. The van der Waals surface area contributed by atoms with Gasteiger partial charge >= 0.3 is 6.03 Å². The summed E-state index contributed by atoms with van der Waals surface area (Å²) in [5.41, 5.74) is 1.69. The molecule has 2 saturated heterocycles. The van der Waals surface area contributed by atoms with Crippen molar-refractivity contribution in [2.75, 3.05) is 18.1 Å². The summed E-state index contributed by atoms with van der Waals surface area (Å²) in [5.74, 6) is 0.993. The van der Waals surface area contributed by atoms with Gasteiger partial charge in [-0.2, -0.15) is 11.8 Å². The summed E-state index contributed by atoms with van der Waals surface area (Å²) >= 11 is 1.65. The number of carbonyl (C=O) groups excluding carboxylic acids is 3. The van der Waals surface area contributed by atoms with E-state index in [-0.39, 0.29) is 18.2 Å². The third-order valence-corrected chi connectivity index (χ3v) is 5.95. The molecule has 1 spiro atoms. The van der Waals surface area contributed by atoms with Crippen LogP contribution in [-0.4, -0.2) is 50.8 Å². The number of hydrogen-bond acceptors (Lipinski definition) is 4. The van der Waals surface area contributed by atoms with E-state index in [1.54, 1.807) is 11.8 Å². The number of aromatic nitrogens is 1. The zero-order chi connectivity index (χ0) is 16.8. The van der Waals surface area contributed by atoms with Gasteiger partial charge in [-0.3, -0.25) is 14.5 Å². The highest BCUT2D eigenvalue weighted by molar-refractivity contribution is 7.99. The summed E-state index contributed by atoms with van der Waals surface area (Å²) in [4.78, 5) is 38.4. The second-order valence-electron chi connectivity index (χ2n) is 6.16. The number of Topliss-reactive ketones (excluding diaryl/α,β-unsaturated/α-hetero) is 1. The van der Waals surface area contributed by atoms with Gasteiger partial charge in [-0.05, 0) is 39.0 Å². The van der Waals surface area contributed by atoms with Crippen molar-refractivity contribution in [3.05, 3.63) is 23.0 Å². The number of carbonyl (C=O) groups is 3. The zero-order valence-electron chi connectivity index (χ0n) is 13.6. The monoisotopic (exact) mass is 335 g/mol. The first-order valence-corrected chi connectivity index (χ1v) is 8.97. The molecule has 3 heterocycles. The number of nitrogens with one attached hydrogen (secondary N) is 1. The Morgan fingerprint density at radius 3 is 2.70 bits per heavy atom. The van der Waals surface area contributed by atoms with Crippen molar-refractivity contribution in [1.29, 1.82) is 0 Å². The summed E-state index contributed by atoms with van der Waals surface area (Å²) in [6.07, 6.45) is 0.636. The lowest BCUT2D eigenvalue weighted by molar-refractivity contribution is -0.130. The van der Waals surface area contributed by atoms with Crippen molar-refractivity contribution in [3.8, 4) is 0 Å². The van der Waals surface area contributed by atoms with E-state index >= 15 is 0 Å². The molecule has 124 valence electrons. The van der Waals surface area contributed by atoms with Gasteiger partial charge in [0.1, 0.15) is 5.54 Å². The Hall–Kier alpha value is -1.76. The Morgan fingerprint density at radius 2 is 2.13 bits per heavy atom. The maximum atomic E-state index is 12.6. The SMILES string of the molecule is CCn1c(C)cc(C(=O)CN2C(=O)NC3(CCSC3)C2=O)c1C. The van der Waals surface area contributed by atoms with Crippen molar-refractivity contribution in [2.24, 2.45) is 0 Å². The minimum atomic E-state index is -0.789. The lowest BCUT2D eigenvalue weighted by Crippen LogP contribution is -2.47. The summed E-state index contributed by atoms with van der Waals surface area (Å²) < 4.78 is 2.05. The second kappa shape index (κ2) is 5.70. The largest absolute Gasteiger partial charge is 0.349 e. The summed E-state index contributed by atoms with van der Waals surface area (Å²) in [7, 11) is 0. The van der Waals surface area contributed by atoms with E-state index in [1.165, 1.54) is 0 Å². The van der Waals surface area contributed by atoms with Crippen LogP contribution in [0.15, 0.2) is 6.07 Å². The normalized spacial score (nSPS) is 23.9. The third-order valence-electron chi connectivity index (χ3n) is 4.76. The smallest absolute Gasteiger partial charge is 0.325 e. The Kier molecular flexibility index (Phi) is 4.00. The molecule has 1 atom stereocenters. The highest BCUT2D eigenvalue weighted by Crippen LogP contribution is 2.33. The number of urea groups is 1. The van der Waals surface area contributed by atoms with Crippen LogP contribution in [-0.2, 0) is 11.3 Å². The minimum Gasteiger partial charge on any atom is -0.349 e. The van der Waals surface area contributed by atoms with Gasteiger partial charge in [-0.1, -0.05) is 0 Å². The molecule has 3 rings (SSSR count). The molecular formula is C16H21N3O3S. The molecular weight excluding hydrogens is 314 g/mol. The van der Waals surface area contributed by atoms with E-state index < -0.39 is 11.6 Å². The van der Waals surface area contributed by atoms with Crippen LogP contribution in [0.5, 0.6) is 0 Å². The molecule has 2 aliphatic rings. The van der Waals surface area contributed by atoms with Crippen molar-refractivity contribution >= 4 is 29.5 Å². The second-order valence-corrected chi connectivity index (χ2v) is 7.26. The van der Waals surface area contributed by atoms with Crippen molar-refractivity contribution < 1.29 is 14.4 Å². The van der Waals surface area contributed by atoms with Crippen LogP contribution >= 0.6 is 11.8 Å². The molecule has 1 aromatic heterocycles. The molecule has 2 fully saturated rings. The fraction of sp³-hybridized carbons (Fsp3) is 0.562. The van der Waals surface area contributed by atoms with E-state index in [0.717, 1.165) is 28.6 Å². The first-order chi connectivity index (χ1) is 10.9. The van der Waals surface area contributed by atoms with Gasteiger partial charge < -0.3 is 9.88 Å². The highest BCUT2D eigenvalue weighted by Gasteiger charge is 2.53. The van der Waals surface area contributed by atoms with Gasteiger partial charge in [0.15, 0.2) is 5.78 Å². The first-order valence-electron chi connectivity index (χ1n) is 7.81. The quantitative estimate of drug-likeness (QED) is 0.672. The lowest BCUT2D eigenvalue weighted by Gasteiger charge is -2.18. The number of nitrogens with zero attached hydrogens (tertiary/aromatic N) is 2. The van der Waals surface area contributed by atoms with Gasteiger partial charge in [0, 0.05) is 29.2 Å². The standard InChI is InChI=1S/C16H21N3O3S/c1-4-18-10(2)7-12(11(18)3)13(20)8-19-14(21)16(17-15(19)22)5-6-23-9-16/h7H,4-6,8-9H2,1-3H3,(H,17,22). The number of thioether (sulfide) groups is 1. The third kappa shape index (κ3) is 2.47. The summed E-state index contributed by atoms with van der Waals surface area (Å²) in [6.45, 7) is 6.46. The number of rotatable bonds is 4. The predicted octanol–water partition coefficient (Wildman–Crippen LogP) is 1.74. The van der Waals surface area contributed by atoms with E-state index in [9.17, 15) is 14.4 Å². The van der Waals surface area contributed by atoms with Crippen LogP contribution in [0.4, 0.5) is 4.79 Å². The number of aryl methyl sites for hydroxylation is 1. The molecule has 23 heavy (non-hydrogen) atoms. The molecule has 3 amide bonds. The Labute approximate surface area is 139 Å². The van der Waals surface area contributed by atoms with E-state index in [2.05, 4.69) is 5.32 Å². The van der Waals surface area contributed by atoms with Crippen LogP contribution in [0.3, 0.4) is 0 Å². The topological polar surface area (TPSA) is 71.4 Å². The zero-order valence-corrected chi connectivity index (χ0v) is 14.5. The van der Waals surface area contributed by atoms with Crippen LogP contribution in [0.25, 0.3) is 0 Å². The Balaban J connectivity index is 1.81. The Morgan fingerprint density at radius 1 is 1.39 bits per heavy atom. The minimum absolute atomic E-state index is 0.189. The van der Waals surface area contributed by atoms with Crippen LogP contribution in [0.1, 0.15) is 35.1 Å².